The topological polar surface area (TPSA) is 83.8 Å². The van der Waals surface area contributed by atoms with Crippen molar-refractivity contribution in [1.29, 1.82) is 0 Å². The van der Waals surface area contributed by atoms with Crippen LogP contribution in [0.1, 0.15) is 10.4 Å². The quantitative estimate of drug-likeness (QED) is 0.517. The van der Waals surface area contributed by atoms with Crippen LogP contribution in [0.15, 0.2) is 60.7 Å². The van der Waals surface area contributed by atoms with E-state index in [0.29, 0.717) is 5.69 Å². The van der Waals surface area contributed by atoms with Gasteiger partial charge in [0.1, 0.15) is 6.54 Å². The van der Waals surface area contributed by atoms with Gasteiger partial charge in [-0.25, -0.2) is 0 Å². The summed E-state index contributed by atoms with van der Waals surface area (Å²) in [4.78, 5) is 38.9. The SMILES string of the molecule is CN1CC(=O)N(c2ccc3ccccc3c2)c2cc([N+](=O)[O-])ccc2C1=O. The van der Waals surface area contributed by atoms with Gasteiger partial charge in [0.05, 0.1) is 16.2 Å². The van der Waals surface area contributed by atoms with Crippen molar-refractivity contribution in [1.82, 2.24) is 4.90 Å². The first kappa shape index (κ1) is 16.7. The van der Waals surface area contributed by atoms with Gasteiger partial charge in [-0.1, -0.05) is 30.3 Å². The minimum Gasteiger partial charge on any atom is -0.332 e. The van der Waals surface area contributed by atoms with E-state index in [0.717, 1.165) is 10.8 Å². The Hall–Kier alpha value is -3.74. The molecule has 27 heavy (non-hydrogen) atoms. The fourth-order valence-corrected chi connectivity index (χ4v) is 3.28. The lowest BCUT2D eigenvalue weighted by Gasteiger charge is -2.22. The van der Waals surface area contributed by atoms with Gasteiger partial charge in [-0.05, 0) is 29.0 Å². The molecule has 7 nitrogen and oxygen atoms in total. The van der Waals surface area contributed by atoms with Crippen molar-refractivity contribution in [3.8, 4) is 0 Å². The molecule has 0 N–H and O–H groups in total. The molecule has 1 heterocycles. The number of nitrogens with zero attached hydrogens (tertiary/aromatic N) is 3. The van der Waals surface area contributed by atoms with Crippen LogP contribution < -0.4 is 4.90 Å². The third kappa shape index (κ3) is 2.79. The highest BCUT2D eigenvalue weighted by atomic mass is 16.6. The molecule has 0 saturated carbocycles. The number of rotatable bonds is 2. The molecule has 0 atom stereocenters. The predicted molar refractivity (Wildman–Crippen MR) is 101 cm³/mol. The molecule has 7 heteroatoms. The first-order valence-electron chi connectivity index (χ1n) is 8.31. The van der Waals surface area contributed by atoms with E-state index in [4.69, 9.17) is 0 Å². The summed E-state index contributed by atoms with van der Waals surface area (Å²) in [6.45, 7) is -0.117. The van der Waals surface area contributed by atoms with Crippen LogP contribution in [-0.4, -0.2) is 35.2 Å². The Kier molecular flexibility index (Phi) is 3.84. The van der Waals surface area contributed by atoms with Gasteiger partial charge in [0.15, 0.2) is 0 Å². The molecule has 0 aliphatic carbocycles. The van der Waals surface area contributed by atoms with E-state index in [-0.39, 0.29) is 35.3 Å². The van der Waals surface area contributed by atoms with Gasteiger partial charge in [0, 0.05) is 24.9 Å². The Bertz CT molecular complexity index is 1110. The lowest BCUT2D eigenvalue weighted by Crippen LogP contribution is -2.34. The van der Waals surface area contributed by atoms with Gasteiger partial charge in [-0.3, -0.25) is 24.6 Å². The van der Waals surface area contributed by atoms with Gasteiger partial charge >= 0.3 is 0 Å². The number of anilines is 2. The molecule has 0 bridgehead atoms. The predicted octanol–water partition coefficient (Wildman–Crippen LogP) is 3.50. The summed E-state index contributed by atoms with van der Waals surface area (Å²) in [6.07, 6.45) is 0. The minimum absolute atomic E-state index is 0.117. The largest absolute Gasteiger partial charge is 0.332 e. The van der Waals surface area contributed by atoms with E-state index in [1.54, 1.807) is 6.07 Å². The first-order chi connectivity index (χ1) is 13.0. The van der Waals surface area contributed by atoms with Gasteiger partial charge in [-0.15, -0.1) is 0 Å². The number of nitro groups is 1. The summed E-state index contributed by atoms with van der Waals surface area (Å²) >= 11 is 0. The Morgan fingerprint density at radius 1 is 0.963 bits per heavy atom. The second-order valence-corrected chi connectivity index (χ2v) is 6.38. The number of benzene rings is 3. The van der Waals surface area contributed by atoms with E-state index in [2.05, 4.69) is 0 Å². The maximum Gasteiger partial charge on any atom is 0.271 e. The van der Waals surface area contributed by atoms with Crippen LogP contribution in [0.3, 0.4) is 0 Å². The summed E-state index contributed by atoms with van der Waals surface area (Å²) in [5.74, 6) is -0.683. The number of carbonyl (C=O) groups excluding carboxylic acids is 2. The van der Waals surface area contributed by atoms with Gasteiger partial charge < -0.3 is 4.90 Å². The molecule has 3 aromatic carbocycles. The zero-order valence-corrected chi connectivity index (χ0v) is 14.5. The maximum absolute atomic E-state index is 12.9. The van der Waals surface area contributed by atoms with Gasteiger partial charge in [0.25, 0.3) is 17.5 Å². The minimum atomic E-state index is -0.539. The van der Waals surface area contributed by atoms with Crippen molar-refractivity contribution in [3.05, 3.63) is 76.3 Å². The fraction of sp³-hybridized carbons (Fsp3) is 0.100. The summed E-state index contributed by atoms with van der Waals surface area (Å²) in [7, 11) is 1.54. The molecule has 1 aliphatic heterocycles. The number of likely N-dealkylation sites (N-methyl/N-ethyl adjacent to an activating group) is 1. The molecule has 0 aromatic heterocycles. The van der Waals surface area contributed by atoms with Crippen molar-refractivity contribution >= 4 is 39.6 Å². The number of hydrogen-bond donors (Lipinski definition) is 0. The lowest BCUT2D eigenvalue weighted by molar-refractivity contribution is -0.384. The molecule has 0 spiro atoms. The summed E-state index contributed by atoms with van der Waals surface area (Å²) in [5, 5.41) is 13.2. The number of amides is 2. The fourth-order valence-electron chi connectivity index (χ4n) is 3.28. The van der Waals surface area contributed by atoms with Crippen LogP contribution in [0.5, 0.6) is 0 Å². The second kappa shape index (κ2) is 6.21. The highest BCUT2D eigenvalue weighted by Crippen LogP contribution is 2.35. The Balaban J connectivity index is 1.96. The van der Waals surface area contributed by atoms with Crippen LogP contribution >= 0.6 is 0 Å². The Labute approximate surface area is 154 Å². The molecule has 2 amide bonds. The number of nitro benzene ring substituents is 1. The average Bonchev–Trinajstić information content (AvgIpc) is 2.75. The highest BCUT2D eigenvalue weighted by molar-refractivity contribution is 6.13. The van der Waals surface area contributed by atoms with Crippen LogP contribution in [0.2, 0.25) is 0 Å². The average molecular weight is 361 g/mol. The summed E-state index contributed by atoms with van der Waals surface area (Å²) in [6, 6.07) is 17.1. The Morgan fingerprint density at radius 2 is 1.70 bits per heavy atom. The van der Waals surface area contributed by atoms with E-state index in [1.807, 2.05) is 36.4 Å². The smallest absolute Gasteiger partial charge is 0.271 e. The standard InChI is InChI=1S/C20H15N3O4/c1-21-12-19(24)22(15-7-6-13-4-2-3-5-14(13)10-15)18-11-16(23(26)27)8-9-17(18)20(21)25/h2-11H,12H2,1H3. The molecule has 134 valence electrons. The van der Waals surface area contributed by atoms with Crippen molar-refractivity contribution < 1.29 is 14.5 Å². The summed E-state index contributed by atoms with van der Waals surface area (Å²) in [5.41, 5.74) is 0.856. The molecule has 0 fully saturated rings. The van der Waals surface area contributed by atoms with Crippen molar-refractivity contribution in [2.24, 2.45) is 0 Å². The maximum atomic E-state index is 12.9. The normalized spacial score (nSPS) is 14.3. The van der Waals surface area contributed by atoms with E-state index >= 15 is 0 Å². The third-order valence-corrected chi connectivity index (χ3v) is 4.62. The summed E-state index contributed by atoms with van der Waals surface area (Å²) < 4.78 is 0. The number of hydrogen-bond acceptors (Lipinski definition) is 4. The monoisotopic (exact) mass is 361 g/mol. The molecular weight excluding hydrogens is 346 g/mol. The molecule has 3 aromatic rings. The highest BCUT2D eigenvalue weighted by Gasteiger charge is 2.32. The second-order valence-electron chi connectivity index (χ2n) is 6.38. The molecular formula is C20H15N3O4. The molecule has 0 radical (unpaired) electrons. The van der Waals surface area contributed by atoms with Crippen LogP contribution in [0, 0.1) is 10.1 Å². The third-order valence-electron chi connectivity index (χ3n) is 4.62. The van der Waals surface area contributed by atoms with Gasteiger partial charge in [0.2, 0.25) is 0 Å². The van der Waals surface area contributed by atoms with Crippen LogP contribution in [0.4, 0.5) is 17.1 Å². The molecule has 4 rings (SSSR count). The van der Waals surface area contributed by atoms with Crippen LogP contribution in [-0.2, 0) is 4.79 Å². The molecule has 0 saturated heterocycles. The van der Waals surface area contributed by atoms with Crippen molar-refractivity contribution in [2.75, 3.05) is 18.5 Å². The zero-order valence-electron chi connectivity index (χ0n) is 14.5. The van der Waals surface area contributed by atoms with Crippen LogP contribution in [0.25, 0.3) is 10.8 Å². The number of fused-ring (bicyclic) bond motifs is 2. The van der Waals surface area contributed by atoms with Crippen molar-refractivity contribution in [2.45, 2.75) is 0 Å². The first-order valence-corrected chi connectivity index (χ1v) is 8.31. The van der Waals surface area contributed by atoms with E-state index in [9.17, 15) is 19.7 Å². The Morgan fingerprint density at radius 3 is 2.44 bits per heavy atom. The van der Waals surface area contributed by atoms with E-state index < -0.39 is 4.92 Å². The zero-order chi connectivity index (χ0) is 19.1. The van der Waals surface area contributed by atoms with Gasteiger partial charge in [-0.2, -0.15) is 0 Å². The molecule has 1 aliphatic rings. The lowest BCUT2D eigenvalue weighted by atomic mass is 10.1. The van der Waals surface area contributed by atoms with E-state index in [1.165, 1.54) is 35.0 Å². The number of non-ortho nitro benzene ring substituents is 1. The molecule has 0 unspecified atom stereocenters. The number of carbonyl (C=O) groups is 2. The van der Waals surface area contributed by atoms with Crippen molar-refractivity contribution in [3.63, 3.8) is 0 Å².